The molecule has 0 aliphatic heterocycles. The van der Waals surface area contributed by atoms with E-state index in [1.54, 1.807) is 36.5 Å². The predicted molar refractivity (Wildman–Crippen MR) is 74.5 cm³/mol. The molecule has 0 bridgehead atoms. The zero-order chi connectivity index (χ0) is 13.9. The average Bonchev–Trinajstić information content (AvgIpc) is 2.49. The molecule has 0 unspecified atom stereocenters. The highest BCUT2D eigenvalue weighted by atomic mass is 35.5. The molecule has 0 N–H and O–H groups in total. The monoisotopic (exact) mass is 284 g/mol. The van der Waals surface area contributed by atoms with E-state index in [0.717, 1.165) is 0 Å². The second-order valence-corrected chi connectivity index (χ2v) is 4.51. The van der Waals surface area contributed by atoms with Gasteiger partial charge in [-0.1, -0.05) is 23.7 Å². The summed E-state index contributed by atoms with van der Waals surface area (Å²) < 4.78 is 13.9. The van der Waals surface area contributed by atoms with Gasteiger partial charge in [0.15, 0.2) is 6.33 Å². The number of rotatable bonds is 2. The van der Waals surface area contributed by atoms with Crippen molar-refractivity contribution in [1.82, 2.24) is 15.0 Å². The number of pyridine rings is 1. The van der Waals surface area contributed by atoms with Crippen LogP contribution in [0.5, 0.6) is 0 Å². The van der Waals surface area contributed by atoms with Gasteiger partial charge in [0, 0.05) is 23.5 Å². The van der Waals surface area contributed by atoms with Crippen molar-refractivity contribution in [2.45, 2.75) is 0 Å². The summed E-state index contributed by atoms with van der Waals surface area (Å²) in [6.07, 6.45) is 5.57. The van der Waals surface area contributed by atoms with Crippen LogP contribution in [-0.2, 0) is 0 Å². The first-order valence-electron chi connectivity index (χ1n) is 5.85. The lowest BCUT2D eigenvalue weighted by atomic mass is 10.0. The number of hydrogen-bond donors (Lipinski definition) is 0. The highest BCUT2D eigenvalue weighted by molar-refractivity contribution is 6.30. The molecule has 2 aromatic heterocycles. The Hall–Kier alpha value is -2.33. The Labute approximate surface area is 120 Å². The fourth-order valence-corrected chi connectivity index (χ4v) is 1.99. The molecule has 0 aliphatic rings. The van der Waals surface area contributed by atoms with Crippen molar-refractivity contribution >= 4 is 11.6 Å². The second-order valence-electron chi connectivity index (χ2n) is 4.07. The summed E-state index contributed by atoms with van der Waals surface area (Å²) in [7, 11) is 0. The molecule has 0 aliphatic carbocycles. The number of nitrogens with zero attached hydrogens (tertiary/aromatic N) is 3. The van der Waals surface area contributed by atoms with E-state index in [0.29, 0.717) is 27.5 Å². The molecule has 0 saturated carbocycles. The minimum atomic E-state index is -0.352. The summed E-state index contributed by atoms with van der Waals surface area (Å²) >= 11 is 5.82. The van der Waals surface area contributed by atoms with E-state index in [1.807, 2.05) is 0 Å². The molecule has 3 aromatic rings. The zero-order valence-corrected chi connectivity index (χ0v) is 11.0. The van der Waals surface area contributed by atoms with Crippen LogP contribution in [0.3, 0.4) is 0 Å². The van der Waals surface area contributed by atoms with Gasteiger partial charge in [-0.3, -0.25) is 4.98 Å². The van der Waals surface area contributed by atoms with Crippen LogP contribution in [0.4, 0.5) is 4.39 Å². The average molecular weight is 285 g/mol. The van der Waals surface area contributed by atoms with Crippen LogP contribution in [0.25, 0.3) is 22.5 Å². The topological polar surface area (TPSA) is 38.7 Å². The molecule has 5 heteroatoms. The highest BCUT2D eigenvalue weighted by Crippen LogP contribution is 2.30. The number of halogens is 2. The summed E-state index contributed by atoms with van der Waals surface area (Å²) in [5.41, 5.74) is 2.10. The Morgan fingerprint density at radius 1 is 1.00 bits per heavy atom. The van der Waals surface area contributed by atoms with Gasteiger partial charge in [0.2, 0.25) is 0 Å². The van der Waals surface area contributed by atoms with Gasteiger partial charge in [0.25, 0.3) is 0 Å². The van der Waals surface area contributed by atoms with E-state index in [-0.39, 0.29) is 5.82 Å². The SMILES string of the molecule is Fc1ccccc1-c1n[c]ncc1-c1ccc(Cl)cn1. The van der Waals surface area contributed by atoms with Crippen molar-refractivity contribution in [3.05, 3.63) is 66.0 Å². The summed E-state index contributed by atoms with van der Waals surface area (Å²) in [6.45, 7) is 0. The van der Waals surface area contributed by atoms with Crippen LogP contribution in [0, 0.1) is 12.1 Å². The molecule has 2 heterocycles. The largest absolute Gasteiger partial charge is 0.255 e. The third-order valence-corrected chi connectivity index (χ3v) is 3.02. The van der Waals surface area contributed by atoms with E-state index in [4.69, 9.17) is 11.6 Å². The van der Waals surface area contributed by atoms with Crippen molar-refractivity contribution in [1.29, 1.82) is 0 Å². The third kappa shape index (κ3) is 2.38. The normalized spacial score (nSPS) is 10.5. The van der Waals surface area contributed by atoms with E-state index in [9.17, 15) is 4.39 Å². The van der Waals surface area contributed by atoms with Crippen LogP contribution in [0.2, 0.25) is 5.02 Å². The van der Waals surface area contributed by atoms with E-state index in [1.165, 1.54) is 12.3 Å². The molecule has 97 valence electrons. The molecular weight excluding hydrogens is 277 g/mol. The maximum Gasteiger partial charge on any atom is 0.198 e. The van der Waals surface area contributed by atoms with Crippen LogP contribution < -0.4 is 0 Å². The molecule has 0 atom stereocenters. The zero-order valence-electron chi connectivity index (χ0n) is 10.2. The molecular formula is C15H8ClFN3. The van der Waals surface area contributed by atoms with Crippen molar-refractivity contribution in [3.63, 3.8) is 0 Å². The molecule has 0 saturated heterocycles. The summed E-state index contributed by atoms with van der Waals surface area (Å²) in [5, 5.41) is 0.532. The molecule has 1 radical (unpaired) electrons. The van der Waals surface area contributed by atoms with Crippen molar-refractivity contribution in [2.24, 2.45) is 0 Å². The third-order valence-electron chi connectivity index (χ3n) is 2.80. The van der Waals surface area contributed by atoms with Crippen molar-refractivity contribution in [2.75, 3.05) is 0 Å². The van der Waals surface area contributed by atoms with Gasteiger partial charge in [-0.15, -0.1) is 0 Å². The van der Waals surface area contributed by atoms with E-state index < -0.39 is 0 Å². The fourth-order valence-electron chi connectivity index (χ4n) is 1.87. The molecule has 20 heavy (non-hydrogen) atoms. The van der Waals surface area contributed by atoms with Crippen molar-refractivity contribution in [3.8, 4) is 22.5 Å². The van der Waals surface area contributed by atoms with Gasteiger partial charge in [-0.25, -0.2) is 14.4 Å². The number of aromatic nitrogens is 3. The van der Waals surface area contributed by atoms with E-state index in [2.05, 4.69) is 21.3 Å². The molecule has 1 aromatic carbocycles. The lowest BCUT2D eigenvalue weighted by Gasteiger charge is -2.08. The Morgan fingerprint density at radius 2 is 1.85 bits per heavy atom. The van der Waals surface area contributed by atoms with Gasteiger partial charge >= 0.3 is 0 Å². The van der Waals surface area contributed by atoms with Crippen LogP contribution in [-0.4, -0.2) is 15.0 Å². The van der Waals surface area contributed by atoms with Crippen LogP contribution >= 0.6 is 11.6 Å². The first-order valence-corrected chi connectivity index (χ1v) is 6.23. The minimum Gasteiger partial charge on any atom is -0.255 e. The smallest absolute Gasteiger partial charge is 0.198 e. The second kappa shape index (κ2) is 5.35. The summed E-state index contributed by atoms with van der Waals surface area (Å²) in [5.74, 6) is -0.352. The maximum atomic E-state index is 13.9. The highest BCUT2D eigenvalue weighted by Gasteiger charge is 2.13. The standard InChI is InChI=1S/C15H8ClFN3/c16-10-5-6-14(19-7-10)12-8-18-9-20-15(12)11-3-1-2-4-13(11)17/h1-8H. The molecule has 3 rings (SSSR count). The predicted octanol–water partition coefficient (Wildman–Crippen LogP) is 3.80. The Balaban J connectivity index is 2.19. The first kappa shape index (κ1) is 12.7. The van der Waals surface area contributed by atoms with Gasteiger partial charge in [0.1, 0.15) is 5.82 Å². The Bertz CT molecular complexity index is 744. The molecule has 0 fully saturated rings. The van der Waals surface area contributed by atoms with Gasteiger partial charge in [0.05, 0.1) is 16.4 Å². The molecule has 0 spiro atoms. The molecule has 3 nitrogen and oxygen atoms in total. The number of hydrogen-bond acceptors (Lipinski definition) is 3. The summed E-state index contributed by atoms with van der Waals surface area (Å²) in [4.78, 5) is 12.1. The lowest BCUT2D eigenvalue weighted by molar-refractivity contribution is 0.630. The Morgan fingerprint density at radius 3 is 2.60 bits per heavy atom. The van der Waals surface area contributed by atoms with Gasteiger partial charge in [-0.05, 0) is 24.3 Å². The molecule has 0 amide bonds. The quantitative estimate of drug-likeness (QED) is 0.718. The lowest BCUT2D eigenvalue weighted by Crippen LogP contribution is -1.94. The van der Waals surface area contributed by atoms with Gasteiger partial charge < -0.3 is 0 Å². The Kier molecular flexibility index (Phi) is 3.39. The van der Waals surface area contributed by atoms with Crippen molar-refractivity contribution < 1.29 is 4.39 Å². The fraction of sp³-hybridized carbons (Fsp3) is 0. The number of benzene rings is 1. The maximum absolute atomic E-state index is 13.9. The first-order chi connectivity index (χ1) is 9.75. The van der Waals surface area contributed by atoms with Crippen LogP contribution in [0.15, 0.2) is 48.8 Å². The van der Waals surface area contributed by atoms with Gasteiger partial charge in [-0.2, -0.15) is 0 Å². The minimum absolute atomic E-state index is 0.352. The summed E-state index contributed by atoms with van der Waals surface area (Å²) in [6, 6.07) is 9.88. The van der Waals surface area contributed by atoms with E-state index >= 15 is 0 Å². The van der Waals surface area contributed by atoms with Crippen LogP contribution in [0.1, 0.15) is 0 Å².